The van der Waals surface area contributed by atoms with Crippen molar-refractivity contribution < 1.29 is 5.11 Å². The first-order chi connectivity index (χ1) is 7.61. The van der Waals surface area contributed by atoms with E-state index in [4.69, 9.17) is 0 Å². The molecule has 1 aromatic rings. The maximum atomic E-state index is 9.72. The molecule has 16 heavy (non-hydrogen) atoms. The van der Waals surface area contributed by atoms with Gasteiger partial charge in [-0.1, -0.05) is 6.07 Å². The van der Waals surface area contributed by atoms with Crippen LogP contribution in [-0.4, -0.2) is 23.2 Å². The van der Waals surface area contributed by atoms with E-state index in [-0.39, 0.29) is 0 Å². The summed E-state index contributed by atoms with van der Waals surface area (Å²) < 4.78 is 0. The molecule has 1 saturated carbocycles. The number of anilines is 1. The average Bonchev–Trinajstić information content (AvgIpc) is 3.11. The van der Waals surface area contributed by atoms with Crippen molar-refractivity contribution in [2.75, 3.05) is 11.9 Å². The van der Waals surface area contributed by atoms with E-state index >= 15 is 0 Å². The van der Waals surface area contributed by atoms with E-state index < -0.39 is 6.10 Å². The molecule has 0 saturated heterocycles. The molecule has 1 fully saturated rings. The molecule has 0 aromatic carbocycles. The summed E-state index contributed by atoms with van der Waals surface area (Å²) in [7, 11) is 2.07. The molecule has 0 radical (unpaired) electrons. The Kier molecular flexibility index (Phi) is 3.15. The molecule has 1 aliphatic carbocycles. The van der Waals surface area contributed by atoms with Crippen molar-refractivity contribution in [2.24, 2.45) is 5.92 Å². The molecule has 0 bridgehead atoms. The van der Waals surface area contributed by atoms with Crippen LogP contribution in [0.4, 0.5) is 5.82 Å². The minimum absolute atomic E-state index is 0.461. The van der Waals surface area contributed by atoms with E-state index in [9.17, 15) is 5.11 Å². The van der Waals surface area contributed by atoms with E-state index in [1.54, 1.807) is 13.1 Å². The van der Waals surface area contributed by atoms with Gasteiger partial charge in [0.15, 0.2) is 0 Å². The molecule has 0 aliphatic heterocycles. The van der Waals surface area contributed by atoms with Crippen LogP contribution in [0.15, 0.2) is 18.3 Å². The minimum Gasteiger partial charge on any atom is -0.389 e. The lowest BCUT2D eigenvalue weighted by molar-refractivity contribution is 0.199. The number of rotatable bonds is 4. The molecular formula is C13H20N2O. The summed E-state index contributed by atoms with van der Waals surface area (Å²) in [6.45, 7) is 4.02. The molecule has 88 valence electrons. The number of aromatic nitrogens is 1. The first-order valence-corrected chi connectivity index (χ1v) is 5.97. The summed E-state index contributed by atoms with van der Waals surface area (Å²) in [6, 6.07) is 4.33. The second-order valence-corrected chi connectivity index (χ2v) is 4.78. The average molecular weight is 220 g/mol. The fourth-order valence-corrected chi connectivity index (χ4v) is 2.12. The molecule has 2 atom stereocenters. The molecule has 0 spiro atoms. The normalized spacial score (nSPS) is 19.2. The van der Waals surface area contributed by atoms with Crippen molar-refractivity contribution in [1.82, 2.24) is 4.98 Å². The lowest BCUT2D eigenvalue weighted by atomic mass is 10.1. The largest absolute Gasteiger partial charge is 0.389 e. The van der Waals surface area contributed by atoms with Crippen LogP contribution in [0.3, 0.4) is 0 Å². The smallest absolute Gasteiger partial charge is 0.134 e. The molecule has 2 rings (SSSR count). The molecular weight excluding hydrogens is 200 g/mol. The third-order valence-corrected chi connectivity index (χ3v) is 3.52. The molecule has 1 N–H and O–H groups in total. The van der Waals surface area contributed by atoms with Gasteiger partial charge in [0, 0.05) is 24.8 Å². The van der Waals surface area contributed by atoms with Gasteiger partial charge < -0.3 is 10.0 Å². The minimum atomic E-state index is -0.461. The zero-order chi connectivity index (χ0) is 11.7. The summed E-state index contributed by atoms with van der Waals surface area (Å²) in [5.74, 6) is 1.71. The Morgan fingerprint density at radius 3 is 2.69 bits per heavy atom. The van der Waals surface area contributed by atoms with Crippen LogP contribution in [0, 0.1) is 5.92 Å². The Labute approximate surface area is 97.1 Å². The lowest BCUT2D eigenvalue weighted by Crippen LogP contribution is -2.32. The molecule has 0 amide bonds. The van der Waals surface area contributed by atoms with Gasteiger partial charge in [0.2, 0.25) is 0 Å². The zero-order valence-corrected chi connectivity index (χ0v) is 10.2. The Morgan fingerprint density at radius 2 is 2.12 bits per heavy atom. The Balaban J connectivity index is 2.24. The van der Waals surface area contributed by atoms with Crippen molar-refractivity contribution in [2.45, 2.75) is 38.8 Å². The summed E-state index contributed by atoms with van der Waals surface area (Å²) >= 11 is 0. The summed E-state index contributed by atoms with van der Waals surface area (Å²) in [5.41, 5.74) is 0.914. The monoisotopic (exact) mass is 220 g/mol. The van der Waals surface area contributed by atoms with Gasteiger partial charge in [-0.2, -0.15) is 0 Å². The highest BCUT2D eigenvalue weighted by molar-refractivity contribution is 5.48. The van der Waals surface area contributed by atoms with Crippen LogP contribution in [-0.2, 0) is 0 Å². The fraction of sp³-hybridized carbons (Fsp3) is 0.615. The highest BCUT2D eigenvalue weighted by Gasteiger charge is 2.31. The number of aliphatic hydroxyl groups is 1. The van der Waals surface area contributed by atoms with Crippen molar-refractivity contribution in [3.8, 4) is 0 Å². The number of hydrogen-bond donors (Lipinski definition) is 1. The predicted octanol–water partition coefficient (Wildman–Crippen LogP) is 2.37. The second kappa shape index (κ2) is 4.42. The third-order valence-electron chi connectivity index (χ3n) is 3.52. The SMILES string of the molecule is CC(O)c1cccnc1N(C)C(C)C1CC1. The molecule has 2 unspecified atom stereocenters. The van der Waals surface area contributed by atoms with Crippen molar-refractivity contribution in [3.05, 3.63) is 23.9 Å². The Bertz CT molecular complexity index is 361. The summed E-state index contributed by atoms with van der Waals surface area (Å²) in [6.07, 6.45) is 3.97. The quantitative estimate of drug-likeness (QED) is 0.846. The van der Waals surface area contributed by atoms with Crippen molar-refractivity contribution >= 4 is 5.82 Å². The highest BCUT2D eigenvalue weighted by Crippen LogP contribution is 2.37. The molecule has 3 nitrogen and oxygen atoms in total. The van der Waals surface area contributed by atoms with E-state index in [0.29, 0.717) is 6.04 Å². The topological polar surface area (TPSA) is 36.4 Å². The van der Waals surface area contributed by atoms with Gasteiger partial charge in [-0.05, 0) is 38.7 Å². The molecule has 1 heterocycles. The number of pyridine rings is 1. The van der Waals surface area contributed by atoms with Crippen LogP contribution in [0.1, 0.15) is 38.4 Å². The molecule has 1 aromatic heterocycles. The maximum Gasteiger partial charge on any atom is 0.134 e. The fourth-order valence-electron chi connectivity index (χ4n) is 2.12. The van der Waals surface area contributed by atoms with Crippen LogP contribution in [0.5, 0.6) is 0 Å². The van der Waals surface area contributed by atoms with Gasteiger partial charge in [0.05, 0.1) is 6.10 Å². The Morgan fingerprint density at radius 1 is 1.44 bits per heavy atom. The van der Waals surface area contributed by atoms with Crippen LogP contribution in [0.25, 0.3) is 0 Å². The number of aliphatic hydroxyl groups excluding tert-OH is 1. The van der Waals surface area contributed by atoms with Crippen LogP contribution >= 0.6 is 0 Å². The van der Waals surface area contributed by atoms with E-state index in [1.165, 1.54) is 12.8 Å². The summed E-state index contributed by atoms with van der Waals surface area (Å²) in [5, 5.41) is 9.72. The molecule has 1 aliphatic rings. The van der Waals surface area contributed by atoms with Crippen molar-refractivity contribution in [3.63, 3.8) is 0 Å². The van der Waals surface area contributed by atoms with Crippen molar-refractivity contribution in [1.29, 1.82) is 0 Å². The van der Waals surface area contributed by atoms with Crippen LogP contribution in [0.2, 0.25) is 0 Å². The predicted molar refractivity (Wildman–Crippen MR) is 65.5 cm³/mol. The Hall–Kier alpha value is -1.09. The number of hydrogen-bond acceptors (Lipinski definition) is 3. The first kappa shape index (κ1) is 11.4. The van der Waals surface area contributed by atoms with Gasteiger partial charge in [-0.15, -0.1) is 0 Å². The zero-order valence-electron chi connectivity index (χ0n) is 10.2. The standard InChI is InChI=1S/C13H20N2O/c1-9(11-6-7-11)15(3)13-12(10(2)16)5-4-8-14-13/h4-5,8-11,16H,6-7H2,1-3H3. The third kappa shape index (κ3) is 2.19. The van der Waals surface area contributed by atoms with Gasteiger partial charge in [0.1, 0.15) is 5.82 Å². The van der Waals surface area contributed by atoms with E-state index in [1.807, 2.05) is 12.1 Å². The lowest BCUT2D eigenvalue weighted by Gasteiger charge is -2.28. The first-order valence-electron chi connectivity index (χ1n) is 5.97. The maximum absolute atomic E-state index is 9.72. The van der Waals surface area contributed by atoms with Gasteiger partial charge in [-0.3, -0.25) is 0 Å². The van der Waals surface area contributed by atoms with E-state index in [2.05, 4.69) is 23.9 Å². The van der Waals surface area contributed by atoms with Gasteiger partial charge in [-0.25, -0.2) is 4.98 Å². The number of nitrogens with zero attached hydrogens (tertiary/aromatic N) is 2. The van der Waals surface area contributed by atoms with Gasteiger partial charge >= 0.3 is 0 Å². The molecule has 3 heteroatoms. The van der Waals surface area contributed by atoms with E-state index in [0.717, 1.165) is 17.3 Å². The summed E-state index contributed by atoms with van der Waals surface area (Å²) in [4.78, 5) is 6.59. The second-order valence-electron chi connectivity index (χ2n) is 4.78. The van der Waals surface area contributed by atoms with Crippen LogP contribution < -0.4 is 4.90 Å². The van der Waals surface area contributed by atoms with Gasteiger partial charge in [0.25, 0.3) is 0 Å². The highest BCUT2D eigenvalue weighted by atomic mass is 16.3.